The van der Waals surface area contributed by atoms with E-state index in [9.17, 15) is 9.90 Å². The number of ether oxygens (including phenoxy) is 1. The van der Waals surface area contributed by atoms with E-state index in [0.717, 1.165) is 5.56 Å². The zero-order valence-corrected chi connectivity index (χ0v) is 8.07. The number of aryl methyl sites for hydroxylation is 1. The van der Waals surface area contributed by atoms with Gasteiger partial charge in [-0.15, -0.1) is 0 Å². The van der Waals surface area contributed by atoms with Crippen LogP contribution in [0.25, 0.3) is 0 Å². The third kappa shape index (κ3) is 1.19. The van der Waals surface area contributed by atoms with Gasteiger partial charge in [0.2, 0.25) is 0 Å². The first-order valence-corrected chi connectivity index (χ1v) is 4.32. The maximum Gasteiger partial charge on any atom is 0.264 e. The molecular formula is C10H11NO3. The molecule has 0 spiro atoms. The number of nitrogens with zero attached hydrogens (tertiary/aromatic N) is 1. The summed E-state index contributed by atoms with van der Waals surface area (Å²) >= 11 is 0. The van der Waals surface area contributed by atoms with E-state index >= 15 is 0 Å². The maximum absolute atomic E-state index is 11.3. The average molecular weight is 193 g/mol. The Morgan fingerprint density at radius 1 is 1.50 bits per heavy atom. The van der Waals surface area contributed by atoms with Gasteiger partial charge in [0.05, 0.1) is 5.69 Å². The van der Waals surface area contributed by atoms with Crippen LogP contribution >= 0.6 is 0 Å². The van der Waals surface area contributed by atoms with Crippen LogP contribution in [0.15, 0.2) is 12.1 Å². The number of amides is 1. The molecule has 1 aliphatic rings. The van der Waals surface area contributed by atoms with Gasteiger partial charge < -0.3 is 14.7 Å². The Morgan fingerprint density at radius 2 is 2.21 bits per heavy atom. The van der Waals surface area contributed by atoms with Crippen molar-refractivity contribution in [1.82, 2.24) is 0 Å². The Kier molecular flexibility index (Phi) is 1.84. The largest absolute Gasteiger partial charge is 0.504 e. The number of rotatable bonds is 0. The fourth-order valence-electron chi connectivity index (χ4n) is 1.50. The number of hydrogen-bond acceptors (Lipinski definition) is 3. The molecule has 1 amide bonds. The summed E-state index contributed by atoms with van der Waals surface area (Å²) in [6.45, 7) is 1.84. The van der Waals surface area contributed by atoms with Crippen LogP contribution in [0.1, 0.15) is 5.56 Å². The van der Waals surface area contributed by atoms with Crippen molar-refractivity contribution >= 4 is 11.6 Å². The van der Waals surface area contributed by atoms with Crippen LogP contribution in [0.3, 0.4) is 0 Å². The smallest absolute Gasteiger partial charge is 0.264 e. The molecule has 4 nitrogen and oxygen atoms in total. The number of carbonyl (C=O) groups is 1. The van der Waals surface area contributed by atoms with Gasteiger partial charge in [0.1, 0.15) is 0 Å². The van der Waals surface area contributed by atoms with E-state index in [1.807, 2.05) is 13.0 Å². The van der Waals surface area contributed by atoms with Crippen LogP contribution in [0, 0.1) is 6.92 Å². The molecular weight excluding hydrogens is 182 g/mol. The molecule has 14 heavy (non-hydrogen) atoms. The predicted octanol–water partition coefficient (Wildman–Crippen LogP) is 1.06. The normalized spacial score (nSPS) is 15.0. The van der Waals surface area contributed by atoms with E-state index in [2.05, 4.69) is 0 Å². The minimum atomic E-state index is -0.109. The van der Waals surface area contributed by atoms with Gasteiger partial charge in [0, 0.05) is 7.05 Å². The molecule has 0 fully saturated rings. The van der Waals surface area contributed by atoms with E-state index < -0.39 is 0 Å². The molecule has 74 valence electrons. The molecule has 1 aromatic rings. The highest BCUT2D eigenvalue weighted by molar-refractivity contribution is 5.98. The standard InChI is InChI=1S/C10H11NO3/c1-6-3-7-10(8(12)4-6)14-5-9(13)11(7)2/h3-4,12H,5H2,1-2H3. The highest BCUT2D eigenvalue weighted by Crippen LogP contribution is 2.39. The number of phenols is 1. The molecule has 1 aliphatic heterocycles. The lowest BCUT2D eigenvalue weighted by Crippen LogP contribution is -2.35. The van der Waals surface area contributed by atoms with E-state index in [-0.39, 0.29) is 18.3 Å². The van der Waals surface area contributed by atoms with E-state index in [0.29, 0.717) is 11.4 Å². The number of likely N-dealkylation sites (N-methyl/N-ethyl adjacent to an activating group) is 1. The van der Waals surface area contributed by atoms with Gasteiger partial charge in [-0.3, -0.25) is 4.79 Å². The molecule has 1 aromatic carbocycles. The van der Waals surface area contributed by atoms with Crippen molar-refractivity contribution in [3.8, 4) is 11.5 Å². The lowest BCUT2D eigenvalue weighted by Gasteiger charge is -2.26. The Hall–Kier alpha value is -1.71. The summed E-state index contributed by atoms with van der Waals surface area (Å²) in [7, 11) is 1.67. The van der Waals surface area contributed by atoms with Crippen molar-refractivity contribution in [2.45, 2.75) is 6.92 Å². The van der Waals surface area contributed by atoms with E-state index in [4.69, 9.17) is 4.74 Å². The van der Waals surface area contributed by atoms with Gasteiger partial charge in [-0.1, -0.05) is 0 Å². The van der Waals surface area contributed by atoms with Crippen LogP contribution in [-0.2, 0) is 4.79 Å². The summed E-state index contributed by atoms with van der Waals surface area (Å²) in [6, 6.07) is 3.43. The van der Waals surface area contributed by atoms with Crippen LogP contribution in [0.5, 0.6) is 11.5 Å². The second kappa shape index (κ2) is 2.90. The average Bonchev–Trinajstić information content (AvgIpc) is 2.12. The van der Waals surface area contributed by atoms with Crippen molar-refractivity contribution in [1.29, 1.82) is 0 Å². The summed E-state index contributed by atoms with van der Waals surface area (Å²) in [5.74, 6) is 0.361. The topological polar surface area (TPSA) is 49.8 Å². The molecule has 0 radical (unpaired) electrons. The third-order valence-electron chi connectivity index (χ3n) is 2.27. The summed E-state index contributed by atoms with van der Waals surface area (Å²) in [5.41, 5.74) is 1.52. The minimum Gasteiger partial charge on any atom is -0.504 e. The molecule has 0 aromatic heterocycles. The fraction of sp³-hybridized carbons (Fsp3) is 0.300. The number of hydrogen-bond donors (Lipinski definition) is 1. The number of fused-ring (bicyclic) bond motifs is 1. The number of benzene rings is 1. The Morgan fingerprint density at radius 3 is 2.93 bits per heavy atom. The molecule has 0 unspecified atom stereocenters. The van der Waals surface area contributed by atoms with E-state index in [1.54, 1.807) is 13.1 Å². The number of carbonyl (C=O) groups excluding carboxylic acids is 1. The predicted molar refractivity (Wildman–Crippen MR) is 51.7 cm³/mol. The highest BCUT2D eigenvalue weighted by Gasteiger charge is 2.24. The van der Waals surface area contributed by atoms with Gasteiger partial charge in [0.25, 0.3) is 5.91 Å². The number of anilines is 1. The molecule has 1 N–H and O–H groups in total. The SMILES string of the molecule is Cc1cc(O)c2c(c1)N(C)C(=O)CO2. The first-order chi connectivity index (χ1) is 6.59. The first-order valence-electron chi connectivity index (χ1n) is 4.32. The monoisotopic (exact) mass is 193 g/mol. The Bertz CT molecular complexity index is 401. The van der Waals surface area contributed by atoms with Crippen LogP contribution in [-0.4, -0.2) is 24.7 Å². The lowest BCUT2D eigenvalue weighted by atomic mass is 10.1. The highest BCUT2D eigenvalue weighted by atomic mass is 16.5. The molecule has 0 aliphatic carbocycles. The second-order valence-electron chi connectivity index (χ2n) is 3.37. The second-order valence-corrected chi connectivity index (χ2v) is 3.37. The minimum absolute atomic E-state index is 0.0138. The first kappa shape index (κ1) is 8.87. The third-order valence-corrected chi connectivity index (χ3v) is 2.27. The van der Waals surface area contributed by atoms with Crippen molar-refractivity contribution in [2.75, 3.05) is 18.6 Å². The van der Waals surface area contributed by atoms with Gasteiger partial charge in [-0.25, -0.2) is 0 Å². The molecule has 1 heterocycles. The van der Waals surface area contributed by atoms with Crippen LogP contribution in [0.4, 0.5) is 5.69 Å². The Balaban J connectivity index is 2.59. The summed E-state index contributed by atoms with van der Waals surface area (Å²) in [6.07, 6.45) is 0. The van der Waals surface area contributed by atoms with Gasteiger partial charge in [-0.05, 0) is 24.6 Å². The summed E-state index contributed by atoms with van der Waals surface area (Å²) < 4.78 is 5.15. The number of phenolic OH excluding ortho intramolecular Hbond substituents is 1. The van der Waals surface area contributed by atoms with Crippen molar-refractivity contribution in [3.63, 3.8) is 0 Å². The molecule has 0 bridgehead atoms. The van der Waals surface area contributed by atoms with Gasteiger partial charge in [0.15, 0.2) is 18.1 Å². The number of aromatic hydroxyl groups is 1. The maximum atomic E-state index is 11.3. The zero-order chi connectivity index (χ0) is 10.3. The fourth-order valence-corrected chi connectivity index (χ4v) is 1.50. The molecule has 0 atom stereocenters. The zero-order valence-electron chi connectivity index (χ0n) is 8.07. The molecule has 4 heteroatoms. The van der Waals surface area contributed by atoms with Crippen molar-refractivity contribution < 1.29 is 14.6 Å². The molecule has 0 saturated carbocycles. The quantitative estimate of drug-likeness (QED) is 0.670. The van der Waals surface area contributed by atoms with Gasteiger partial charge in [-0.2, -0.15) is 0 Å². The molecule has 2 rings (SSSR count). The lowest BCUT2D eigenvalue weighted by molar-refractivity contribution is -0.121. The van der Waals surface area contributed by atoms with Gasteiger partial charge >= 0.3 is 0 Å². The van der Waals surface area contributed by atoms with Crippen LogP contribution < -0.4 is 9.64 Å². The molecule has 0 saturated heterocycles. The summed E-state index contributed by atoms with van der Waals surface area (Å²) in [5, 5.41) is 9.58. The summed E-state index contributed by atoms with van der Waals surface area (Å²) in [4.78, 5) is 12.8. The van der Waals surface area contributed by atoms with Crippen LogP contribution in [0.2, 0.25) is 0 Å². The van der Waals surface area contributed by atoms with Crippen molar-refractivity contribution in [3.05, 3.63) is 17.7 Å². The van der Waals surface area contributed by atoms with E-state index in [1.165, 1.54) is 4.90 Å². The Labute approximate surface area is 81.7 Å². The van der Waals surface area contributed by atoms with Crippen molar-refractivity contribution in [2.24, 2.45) is 0 Å².